The van der Waals surface area contributed by atoms with E-state index in [9.17, 15) is 13.6 Å². The maximum atomic E-state index is 12.9. The molecule has 1 aliphatic heterocycles. The first-order valence-electron chi connectivity index (χ1n) is 9.49. The Hall–Kier alpha value is -2.51. The summed E-state index contributed by atoms with van der Waals surface area (Å²) >= 11 is 6.32. The van der Waals surface area contributed by atoms with Gasteiger partial charge in [-0.25, -0.2) is 13.8 Å². The molecular formula is C21H21ClF2N4O. The lowest BCUT2D eigenvalue weighted by Crippen LogP contribution is -2.49. The monoisotopic (exact) mass is 418 g/mol. The molecule has 4 rings (SSSR count). The molecule has 1 aliphatic rings. The first-order chi connectivity index (χ1) is 13.9. The molecule has 2 heterocycles. The molecule has 1 aromatic heterocycles. The number of fused-ring (bicyclic) bond motifs is 1. The van der Waals surface area contributed by atoms with Crippen molar-refractivity contribution in [2.75, 3.05) is 26.2 Å². The van der Waals surface area contributed by atoms with Gasteiger partial charge in [0.05, 0.1) is 11.0 Å². The smallest absolute Gasteiger partial charge is 0.295 e. The van der Waals surface area contributed by atoms with Crippen LogP contribution >= 0.6 is 11.6 Å². The van der Waals surface area contributed by atoms with Crippen molar-refractivity contribution in [3.05, 3.63) is 64.4 Å². The van der Waals surface area contributed by atoms with Gasteiger partial charge < -0.3 is 9.88 Å². The molecule has 0 aliphatic carbocycles. The third kappa shape index (κ3) is 3.97. The van der Waals surface area contributed by atoms with Gasteiger partial charge in [-0.05, 0) is 36.8 Å². The van der Waals surface area contributed by atoms with Gasteiger partial charge >= 0.3 is 0 Å². The number of piperazine rings is 1. The molecule has 1 atom stereocenters. The Labute approximate surface area is 172 Å². The Morgan fingerprint density at radius 3 is 2.55 bits per heavy atom. The zero-order valence-corrected chi connectivity index (χ0v) is 16.7. The highest BCUT2D eigenvalue weighted by Crippen LogP contribution is 2.28. The number of imidazole rings is 1. The standard InChI is InChI=1S/C21H21ClF2N4O/c1-13(15-4-2-3-5-16(15)22)27-8-10-28(11-9-27)21(29)14-6-7-17-18(12-14)26-20(25-17)19(23)24/h2-7,12-13,19H,8-11H2,1H3,(H,25,26). The summed E-state index contributed by atoms with van der Waals surface area (Å²) in [7, 11) is 0. The van der Waals surface area contributed by atoms with E-state index in [0.717, 1.165) is 23.7 Å². The topological polar surface area (TPSA) is 52.2 Å². The van der Waals surface area contributed by atoms with E-state index in [-0.39, 0.29) is 17.8 Å². The molecule has 0 radical (unpaired) electrons. The summed E-state index contributed by atoms with van der Waals surface area (Å²) in [6.07, 6.45) is -2.67. The van der Waals surface area contributed by atoms with Gasteiger partial charge in [-0.15, -0.1) is 0 Å². The quantitative estimate of drug-likeness (QED) is 0.669. The molecular weight excluding hydrogens is 398 g/mol. The highest BCUT2D eigenvalue weighted by atomic mass is 35.5. The van der Waals surface area contributed by atoms with Gasteiger partial charge in [0.2, 0.25) is 0 Å². The summed E-state index contributed by atoms with van der Waals surface area (Å²) in [5, 5.41) is 0.745. The van der Waals surface area contributed by atoms with Crippen LogP contribution in [0.2, 0.25) is 5.02 Å². The predicted molar refractivity (Wildman–Crippen MR) is 108 cm³/mol. The van der Waals surface area contributed by atoms with E-state index in [1.54, 1.807) is 23.1 Å². The highest BCUT2D eigenvalue weighted by molar-refractivity contribution is 6.31. The van der Waals surface area contributed by atoms with E-state index in [1.165, 1.54) is 0 Å². The minimum absolute atomic E-state index is 0.106. The molecule has 1 N–H and O–H groups in total. The fourth-order valence-corrected chi connectivity index (χ4v) is 4.06. The predicted octanol–water partition coefficient (Wildman–Crippen LogP) is 4.67. The fourth-order valence-electron chi connectivity index (χ4n) is 3.77. The van der Waals surface area contributed by atoms with Crippen molar-refractivity contribution in [3.63, 3.8) is 0 Å². The third-order valence-electron chi connectivity index (χ3n) is 5.46. The number of nitrogens with one attached hydrogen (secondary N) is 1. The molecule has 29 heavy (non-hydrogen) atoms. The Bertz CT molecular complexity index is 1030. The Kier molecular flexibility index (Phi) is 5.52. The number of H-pyrrole nitrogens is 1. The largest absolute Gasteiger partial charge is 0.337 e. The van der Waals surface area contributed by atoms with Crippen LogP contribution in [0, 0.1) is 0 Å². The van der Waals surface area contributed by atoms with Gasteiger partial charge in [-0.2, -0.15) is 0 Å². The van der Waals surface area contributed by atoms with Crippen LogP contribution in [0.3, 0.4) is 0 Å². The Morgan fingerprint density at radius 1 is 1.14 bits per heavy atom. The molecule has 0 bridgehead atoms. The summed E-state index contributed by atoms with van der Waals surface area (Å²) in [4.78, 5) is 23.4. The van der Waals surface area contributed by atoms with Crippen LogP contribution in [0.5, 0.6) is 0 Å². The molecule has 5 nitrogen and oxygen atoms in total. The van der Waals surface area contributed by atoms with Crippen molar-refractivity contribution in [2.45, 2.75) is 19.4 Å². The molecule has 8 heteroatoms. The van der Waals surface area contributed by atoms with E-state index in [1.807, 2.05) is 24.3 Å². The number of benzene rings is 2. The van der Waals surface area contributed by atoms with Crippen LogP contribution in [0.4, 0.5) is 8.78 Å². The summed E-state index contributed by atoms with van der Waals surface area (Å²) in [6.45, 7) is 4.78. The SMILES string of the molecule is CC(c1ccccc1Cl)N1CCN(C(=O)c2ccc3nc(C(F)F)[nH]c3c2)CC1. The van der Waals surface area contributed by atoms with Crippen molar-refractivity contribution in [1.29, 1.82) is 0 Å². The number of aromatic amines is 1. The first kappa shape index (κ1) is 19.8. The molecule has 1 fully saturated rings. The van der Waals surface area contributed by atoms with Gasteiger partial charge in [-0.3, -0.25) is 9.69 Å². The molecule has 152 valence electrons. The normalized spacial score (nSPS) is 16.5. The Balaban J connectivity index is 1.43. The summed E-state index contributed by atoms with van der Waals surface area (Å²) in [5.74, 6) is -0.489. The van der Waals surface area contributed by atoms with Gasteiger partial charge in [0.1, 0.15) is 0 Å². The summed E-state index contributed by atoms with van der Waals surface area (Å²) < 4.78 is 25.6. The number of alkyl halides is 2. The number of halogens is 3. The van der Waals surface area contributed by atoms with Crippen LogP contribution in [-0.4, -0.2) is 51.9 Å². The van der Waals surface area contributed by atoms with Gasteiger partial charge in [0.25, 0.3) is 12.3 Å². The van der Waals surface area contributed by atoms with Crippen molar-refractivity contribution in [3.8, 4) is 0 Å². The van der Waals surface area contributed by atoms with Gasteiger partial charge in [-0.1, -0.05) is 29.8 Å². The van der Waals surface area contributed by atoms with Crippen molar-refractivity contribution >= 4 is 28.5 Å². The molecule has 1 amide bonds. The summed E-state index contributed by atoms with van der Waals surface area (Å²) in [6, 6.07) is 12.8. The van der Waals surface area contributed by atoms with E-state index < -0.39 is 6.43 Å². The molecule has 0 saturated carbocycles. The van der Waals surface area contributed by atoms with E-state index in [0.29, 0.717) is 29.7 Å². The van der Waals surface area contributed by atoms with Crippen LogP contribution in [0.25, 0.3) is 11.0 Å². The molecule has 1 saturated heterocycles. The zero-order chi connectivity index (χ0) is 20.5. The zero-order valence-electron chi connectivity index (χ0n) is 15.9. The summed E-state index contributed by atoms with van der Waals surface area (Å²) in [5.41, 5.74) is 2.41. The van der Waals surface area contributed by atoms with E-state index >= 15 is 0 Å². The number of hydrogen-bond donors (Lipinski definition) is 1. The number of rotatable bonds is 4. The number of carbonyl (C=O) groups excluding carboxylic acids is 1. The highest BCUT2D eigenvalue weighted by Gasteiger charge is 2.26. The average molecular weight is 419 g/mol. The maximum Gasteiger partial charge on any atom is 0.295 e. The lowest BCUT2D eigenvalue weighted by molar-refractivity contribution is 0.0582. The second-order valence-corrected chi connectivity index (χ2v) is 7.59. The van der Waals surface area contributed by atoms with Gasteiger partial charge in [0, 0.05) is 42.8 Å². The Morgan fingerprint density at radius 2 is 1.86 bits per heavy atom. The number of amides is 1. The van der Waals surface area contributed by atoms with Crippen molar-refractivity contribution < 1.29 is 13.6 Å². The third-order valence-corrected chi connectivity index (χ3v) is 5.80. The number of nitrogens with zero attached hydrogens (tertiary/aromatic N) is 3. The lowest BCUT2D eigenvalue weighted by Gasteiger charge is -2.38. The van der Waals surface area contributed by atoms with E-state index in [4.69, 9.17) is 11.6 Å². The minimum Gasteiger partial charge on any atom is -0.337 e. The minimum atomic E-state index is -2.67. The second-order valence-electron chi connectivity index (χ2n) is 7.18. The molecule has 3 aromatic rings. The number of hydrogen-bond acceptors (Lipinski definition) is 3. The maximum absolute atomic E-state index is 12.9. The lowest BCUT2D eigenvalue weighted by atomic mass is 10.1. The average Bonchev–Trinajstić information content (AvgIpc) is 3.17. The number of carbonyl (C=O) groups is 1. The van der Waals surface area contributed by atoms with E-state index in [2.05, 4.69) is 21.8 Å². The van der Waals surface area contributed by atoms with Crippen molar-refractivity contribution in [1.82, 2.24) is 19.8 Å². The second kappa shape index (κ2) is 8.08. The fraction of sp³-hybridized carbons (Fsp3) is 0.333. The molecule has 2 aromatic carbocycles. The van der Waals surface area contributed by atoms with Crippen LogP contribution < -0.4 is 0 Å². The van der Waals surface area contributed by atoms with Crippen LogP contribution in [0.15, 0.2) is 42.5 Å². The number of aromatic nitrogens is 2. The van der Waals surface area contributed by atoms with Crippen LogP contribution in [0.1, 0.15) is 41.1 Å². The molecule has 0 spiro atoms. The first-order valence-corrected chi connectivity index (χ1v) is 9.87. The van der Waals surface area contributed by atoms with Crippen LogP contribution in [-0.2, 0) is 0 Å². The molecule has 1 unspecified atom stereocenters. The van der Waals surface area contributed by atoms with Crippen molar-refractivity contribution in [2.24, 2.45) is 0 Å². The van der Waals surface area contributed by atoms with Gasteiger partial charge in [0.15, 0.2) is 5.82 Å².